The molecular weight excluding hydrogens is 420 g/mol. The van der Waals surface area contributed by atoms with Gasteiger partial charge in [-0.3, -0.25) is 18.7 Å². The third kappa shape index (κ3) is 3.66. The van der Waals surface area contributed by atoms with E-state index in [1.54, 1.807) is 14.0 Å². The molecule has 10 heteroatoms. The maximum atomic E-state index is 13.2. The second kappa shape index (κ2) is 8.23. The minimum atomic E-state index is -0.768. The van der Waals surface area contributed by atoms with E-state index in [2.05, 4.69) is 4.98 Å². The molecule has 1 amide bonds. The first-order chi connectivity index (χ1) is 14.9. The van der Waals surface area contributed by atoms with E-state index >= 15 is 0 Å². The zero-order chi connectivity index (χ0) is 22.1. The number of thiophene rings is 1. The highest BCUT2D eigenvalue weighted by Gasteiger charge is 2.23. The molecule has 31 heavy (non-hydrogen) atoms. The lowest BCUT2D eigenvalue weighted by Gasteiger charge is -2.13. The Labute approximate surface area is 180 Å². The summed E-state index contributed by atoms with van der Waals surface area (Å²) in [5.41, 5.74) is 5.70. The fourth-order valence-corrected chi connectivity index (χ4v) is 4.83. The summed E-state index contributed by atoms with van der Waals surface area (Å²) in [6.45, 7) is 1.55. The highest BCUT2D eigenvalue weighted by Crippen LogP contribution is 2.35. The van der Waals surface area contributed by atoms with Crippen LogP contribution in [0.3, 0.4) is 0 Å². The third-order valence-electron chi connectivity index (χ3n) is 5.03. The fourth-order valence-electron chi connectivity index (χ4n) is 3.57. The molecule has 0 saturated carbocycles. The van der Waals surface area contributed by atoms with Crippen LogP contribution in [-0.4, -0.2) is 27.1 Å². The average molecular weight is 440 g/mol. The van der Waals surface area contributed by atoms with Crippen molar-refractivity contribution >= 4 is 27.5 Å². The molecule has 0 spiro atoms. The van der Waals surface area contributed by atoms with Crippen molar-refractivity contribution in [1.29, 1.82) is 0 Å². The number of aryl methyl sites for hydroxylation is 3. The minimum absolute atomic E-state index is 0.278. The molecule has 0 radical (unpaired) electrons. The Morgan fingerprint density at radius 1 is 1.26 bits per heavy atom. The predicted molar refractivity (Wildman–Crippen MR) is 116 cm³/mol. The number of ether oxygens (including phenoxy) is 1. The summed E-state index contributed by atoms with van der Waals surface area (Å²) in [7, 11) is 1.58. The lowest BCUT2D eigenvalue weighted by Crippen LogP contribution is -2.42. The number of para-hydroxylation sites is 1. The van der Waals surface area contributed by atoms with E-state index in [-0.39, 0.29) is 6.54 Å². The van der Waals surface area contributed by atoms with Gasteiger partial charge in [-0.15, -0.1) is 11.3 Å². The molecule has 0 atom stereocenters. The van der Waals surface area contributed by atoms with Gasteiger partial charge in [-0.05, 0) is 30.5 Å². The maximum Gasteiger partial charge on any atom is 0.332 e. The summed E-state index contributed by atoms with van der Waals surface area (Å²) >= 11 is 1.26. The zero-order valence-electron chi connectivity index (χ0n) is 17.0. The lowest BCUT2D eigenvalue weighted by molar-refractivity contribution is -0.118. The zero-order valence-corrected chi connectivity index (χ0v) is 17.8. The van der Waals surface area contributed by atoms with E-state index in [1.165, 1.54) is 28.4 Å². The van der Waals surface area contributed by atoms with Gasteiger partial charge in [0.05, 0.1) is 23.6 Å². The molecule has 2 N–H and O–H groups in total. The Bertz CT molecular complexity index is 1380. The van der Waals surface area contributed by atoms with Crippen molar-refractivity contribution in [3.05, 3.63) is 68.7 Å². The van der Waals surface area contributed by atoms with Gasteiger partial charge >= 0.3 is 5.69 Å². The topological polar surface area (TPSA) is 122 Å². The van der Waals surface area contributed by atoms with Gasteiger partial charge in [-0.25, -0.2) is 9.78 Å². The van der Waals surface area contributed by atoms with Crippen LogP contribution in [-0.2, 0) is 24.3 Å². The van der Waals surface area contributed by atoms with E-state index < -0.39 is 23.7 Å². The molecule has 0 aliphatic heterocycles. The molecule has 0 fully saturated rings. The fraction of sp³-hybridized carbons (Fsp3) is 0.238. The first kappa shape index (κ1) is 20.6. The molecule has 3 heterocycles. The van der Waals surface area contributed by atoms with Crippen molar-refractivity contribution in [1.82, 2.24) is 14.1 Å². The van der Waals surface area contributed by atoms with Gasteiger partial charge in [-0.2, -0.15) is 0 Å². The van der Waals surface area contributed by atoms with Crippen molar-refractivity contribution in [2.75, 3.05) is 7.11 Å². The monoisotopic (exact) mass is 440 g/mol. The number of nitrogens with zero attached hydrogens (tertiary/aromatic N) is 3. The number of primary amides is 1. The standard InChI is InChI=1S/C21H20N4O5S/c1-12-16-19(27)25(11-15(22)26)21(28)24(9-7-13-5-3-4-6-14(13)29-2)20(16)31-17(12)18-23-8-10-30-18/h3-6,8,10H,7,9,11H2,1-2H3,(H2,22,26). The van der Waals surface area contributed by atoms with Gasteiger partial charge in [0.25, 0.3) is 5.56 Å². The van der Waals surface area contributed by atoms with Gasteiger partial charge in [-0.1, -0.05) is 18.2 Å². The number of carbonyl (C=O) groups is 1. The molecule has 4 rings (SSSR count). The van der Waals surface area contributed by atoms with Gasteiger partial charge in [0.2, 0.25) is 11.8 Å². The van der Waals surface area contributed by atoms with Crippen LogP contribution in [0.5, 0.6) is 5.75 Å². The first-order valence-electron chi connectivity index (χ1n) is 9.49. The minimum Gasteiger partial charge on any atom is -0.496 e. The number of hydrogen-bond donors (Lipinski definition) is 1. The average Bonchev–Trinajstić information content (AvgIpc) is 3.39. The lowest BCUT2D eigenvalue weighted by atomic mass is 10.1. The van der Waals surface area contributed by atoms with Crippen LogP contribution in [0.15, 0.2) is 50.7 Å². The molecule has 4 aromatic rings. The molecular formula is C21H20N4O5S. The van der Waals surface area contributed by atoms with Gasteiger partial charge < -0.3 is 14.9 Å². The Balaban J connectivity index is 1.92. The molecule has 160 valence electrons. The first-order valence-corrected chi connectivity index (χ1v) is 10.3. The van der Waals surface area contributed by atoms with Crippen LogP contribution in [0.25, 0.3) is 21.0 Å². The van der Waals surface area contributed by atoms with Gasteiger partial charge in [0.1, 0.15) is 23.4 Å². The summed E-state index contributed by atoms with van der Waals surface area (Å²) in [6.07, 6.45) is 3.44. The van der Waals surface area contributed by atoms with Gasteiger partial charge in [0.15, 0.2) is 0 Å². The number of hydrogen-bond acceptors (Lipinski definition) is 7. The number of carbonyl (C=O) groups excluding carboxylic acids is 1. The van der Waals surface area contributed by atoms with E-state index in [4.69, 9.17) is 14.9 Å². The van der Waals surface area contributed by atoms with Crippen molar-refractivity contribution in [2.45, 2.75) is 26.4 Å². The van der Waals surface area contributed by atoms with Gasteiger partial charge in [0, 0.05) is 6.54 Å². The second-order valence-electron chi connectivity index (χ2n) is 6.93. The number of amides is 1. The number of nitrogens with two attached hydrogens (primary N) is 1. The van der Waals surface area contributed by atoms with E-state index in [0.29, 0.717) is 38.7 Å². The number of fused-ring (bicyclic) bond motifs is 1. The molecule has 3 aromatic heterocycles. The van der Waals surface area contributed by atoms with Crippen LogP contribution >= 0.6 is 11.3 Å². The highest BCUT2D eigenvalue weighted by atomic mass is 32.1. The normalized spacial score (nSPS) is 11.2. The Morgan fingerprint density at radius 2 is 2.03 bits per heavy atom. The number of benzene rings is 1. The van der Waals surface area contributed by atoms with Crippen LogP contribution < -0.4 is 21.7 Å². The quantitative estimate of drug-likeness (QED) is 0.468. The number of oxazole rings is 1. The molecule has 0 saturated heterocycles. The number of aromatic nitrogens is 3. The molecule has 0 aliphatic rings. The SMILES string of the molecule is COc1ccccc1CCn1c(=O)n(CC(N)=O)c(=O)c2c(C)c(-c3ncco3)sc21. The molecule has 1 aromatic carbocycles. The molecule has 0 bridgehead atoms. The van der Waals surface area contributed by atoms with Crippen LogP contribution in [0, 0.1) is 6.92 Å². The predicted octanol–water partition coefficient (Wildman–Crippen LogP) is 1.92. The van der Waals surface area contributed by atoms with Crippen LogP contribution in [0.2, 0.25) is 0 Å². The van der Waals surface area contributed by atoms with E-state index in [9.17, 15) is 14.4 Å². The smallest absolute Gasteiger partial charge is 0.332 e. The van der Waals surface area contributed by atoms with Crippen LogP contribution in [0.4, 0.5) is 0 Å². The van der Waals surface area contributed by atoms with E-state index in [0.717, 1.165) is 10.1 Å². The largest absolute Gasteiger partial charge is 0.496 e. The number of rotatable bonds is 7. The molecule has 0 unspecified atom stereocenters. The number of methoxy groups -OCH3 is 1. The Morgan fingerprint density at radius 3 is 2.71 bits per heavy atom. The van der Waals surface area contributed by atoms with Crippen LogP contribution in [0.1, 0.15) is 11.1 Å². The van der Waals surface area contributed by atoms with Crippen molar-refractivity contribution in [3.63, 3.8) is 0 Å². The van der Waals surface area contributed by atoms with E-state index in [1.807, 2.05) is 24.3 Å². The summed E-state index contributed by atoms with van der Waals surface area (Å²) < 4.78 is 13.2. The molecule has 0 aliphatic carbocycles. The Kier molecular flexibility index (Phi) is 5.47. The highest BCUT2D eigenvalue weighted by molar-refractivity contribution is 7.22. The second-order valence-corrected chi connectivity index (χ2v) is 7.93. The summed E-state index contributed by atoms with van der Waals surface area (Å²) in [4.78, 5) is 43.1. The third-order valence-corrected chi connectivity index (χ3v) is 6.33. The van der Waals surface area contributed by atoms with Crippen molar-refractivity contribution in [3.8, 4) is 16.5 Å². The summed E-state index contributed by atoms with van der Waals surface area (Å²) in [5.74, 6) is 0.305. The van der Waals surface area contributed by atoms with Crippen molar-refractivity contribution in [2.24, 2.45) is 5.73 Å². The van der Waals surface area contributed by atoms with Crippen molar-refractivity contribution < 1.29 is 13.9 Å². The molecule has 9 nitrogen and oxygen atoms in total. The summed E-state index contributed by atoms with van der Waals surface area (Å²) in [6, 6.07) is 7.52. The summed E-state index contributed by atoms with van der Waals surface area (Å²) in [5, 5.41) is 0.346. The maximum absolute atomic E-state index is 13.2. The Hall–Kier alpha value is -3.66.